The Morgan fingerprint density at radius 3 is 2.48 bits per heavy atom. The Labute approximate surface area is 145 Å². The fourth-order valence-corrected chi connectivity index (χ4v) is 3.80. The molecule has 8 heteroatoms. The fourth-order valence-electron chi connectivity index (χ4n) is 2.23. The molecule has 1 aliphatic heterocycles. The van der Waals surface area contributed by atoms with Crippen LogP contribution in [0, 0.1) is 0 Å². The van der Waals surface area contributed by atoms with E-state index >= 15 is 0 Å². The van der Waals surface area contributed by atoms with Gasteiger partial charge in [0.1, 0.15) is 0 Å². The number of morpholine rings is 1. The number of amides is 1. The van der Waals surface area contributed by atoms with Crippen LogP contribution in [0.3, 0.4) is 0 Å². The molecular formula is C15H21BrN2O4S. The monoisotopic (exact) mass is 404 g/mol. The summed E-state index contributed by atoms with van der Waals surface area (Å²) in [5.41, 5.74) is 0.980. The number of alkyl halides is 1. The van der Waals surface area contributed by atoms with Crippen molar-refractivity contribution in [2.24, 2.45) is 0 Å². The standard InChI is InChI=1S/C15H21BrN2O4S/c1-12(16)15(19)17-7-6-13-2-4-14(5-3-13)23(20,21)18-8-10-22-11-9-18/h2-5,12H,6-11H2,1H3,(H,17,19). The van der Waals surface area contributed by atoms with E-state index in [1.807, 2.05) is 0 Å². The number of hydrogen-bond acceptors (Lipinski definition) is 4. The van der Waals surface area contributed by atoms with Crippen molar-refractivity contribution >= 4 is 31.9 Å². The van der Waals surface area contributed by atoms with E-state index in [2.05, 4.69) is 21.2 Å². The number of nitrogens with one attached hydrogen (secondary N) is 1. The average Bonchev–Trinajstić information content (AvgIpc) is 2.56. The molecule has 1 aromatic carbocycles. The van der Waals surface area contributed by atoms with E-state index in [-0.39, 0.29) is 10.7 Å². The third kappa shape index (κ3) is 5.00. The lowest BCUT2D eigenvalue weighted by molar-refractivity contribution is -0.120. The molecule has 1 aromatic rings. The fraction of sp³-hybridized carbons (Fsp3) is 0.533. The van der Waals surface area contributed by atoms with E-state index in [0.29, 0.717) is 44.2 Å². The molecule has 1 unspecified atom stereocenters. The van der Waals surface area contributed by atoms with Gasteiger partial charge < -0.3 is 10.1 Å². The first kappa shape index (κ1) is 18.4. The van der Waals surface area contributed by atoms with Gasteiger partial charge in [0, 0.05) is 19.6 Å². The number of benzene rings is 1. The molecule has 1 aliphatic rings. The molecule has 1 saturated heterocycles. The lowest BCUT2D eigenvalue weighted by atomic mass is 10.1. The average molecular weight is 405 g/mol. The van der Waals surface area contributed by atoms with Gasteiger partial charge in [0.25, 0.3) is 0 Å². The van der Waals surface area contributed by atoms with Crippen LogP contribution in [0.15, 0.2) is 29.2 Å². The summed E-state index contributed by atoms with van der Waals surface area (Å²) < 4.78 is 31.6. The SMILES string of the molecule is CC(Br)C(=O)NCCc1ccc(S(=O)(=O)N2CCOCC2)cc1. The molecular weight excluding hydrogens is 384 g/mol. The first-order valence-electron chi connectivity index (χ1n) is 7.50. The maximum absolute atomic E-state index is 12.5. The van der Waals surface area contributed by atoms with Crippen LogP contribution in [0.2, 0.25) is 0 Å². The Morgan fingerprint density at radius 2 is 1.91 bits per heavy atom. The van der Waals surface area contributed by atoms with Crippen LogP contribution in [-0.4, -0.2) is 56.3 Å². The van der Waals surface area contributed by atoms with Gasteiger partial charge in [-0.15, -0.1) is 0 Å². The van der Waals surface area contributed by atoms with Crippen LogP contribution >= 0.6 is 15.9 Å². The molecule has 1 amide bonds. The van der Waals surface area contributed by atoms with Crippen molar-refractivity contribution in [3.05, 3.63) is 29.8 Å². The molecule has 128 valence electrons. The molecule has 1 N–H and O–H groups in total. The van der Waals surface area contributed by atoms with Crippen LogP contribution in [0.1, 0.15) is 12.5 Å². The zero-order chi connectivity index (χ0) is 16.9. The number of carbonyl (C=O) groups is 1. The van der Waals surface area contributed by atoms with Gasteiger partial charge in [0.05, 0.1) is 22.9 Å². The smallest absolute Gasteiger partial charge is 0.243 e. The Balaban J connectivity index is 1.95. The maximum atomic E-state index is 12.5. The minimum Gasteiger partial charge on any atom is -0.379 e. The molecule has 0 aromatic heterocycles. The summed E-state index contributed by atoms with van der Waals surface area (Å²) in [5.74, 6) is -0.0588. The lowest BCUT2D eigenvalue weighted by Gasteiger charge is -2.26. The zero-order valence-corrected chi connectivity index (χ0v) is 15.4. The Kier molecular flexibility index (Phi) is 6.58. The second-order valence-corrected chi connectivity index (χ2v) is 8.63. The summed E-state index contributed by atoms with van der Waals surface area (Å²) in [6.45, 7) is 3.93. The zero-order valence-electron chi connectivity index (χ0n) is 13.0. The van der Waals surface area contributed by atoms with Crippen LogP contribution in [0.25, 0.3) is 0 Å². The minimum atomic E-state index is -3.45. The summed E-state index contributed by atoms with van der Waals surface area (Å²) in [6, 6.07) is 6.82. The van der Waals surface area contributed by atoms with Crippen molar-refractivity contribution in [2.75, 3.05) is 32.8 Å². The molecule has 2 rings (SSSR count). The van der Waals surface area contributed by atoms with Crippen molar-refractivity contribution in [2.45, 2.75) is 23.1 Å². The molecule has 1 heterocycles. The third-order valence-electron chi connectivity index (χ3n) is 3.61. The molecule has 1 atom stereocenters. The number of nitrogens with zero attached hydrogens (tertiary/aromatic N) is 1. The quantitative estimate of drug-likeness (QED) is 0.721. The number of ether oxygens (including phenoxy) is 1. The van der Waals surface area contributed by atoms with E-state index in [0.717, 1.165) is 5.56 Å². The molecule has 0 spiro atoms. The largest absolute Gasteiger partial charge is 0.379 e. The number of halogens is 1. The summed E-state index contributed by atoms with van der Waals surface area (Å²) in [4.78, 5) is 11.5. The van der Waals surface area contributed by atoms with Crippen LogP contribution in [0.4, 0.5) is 0 Å². The normalized spacial score (nSPS) is 17.7. The van der Waals surface area contributed by atoms with Gasteiger partial charge in [-0.1, -0.05) is 28.1 Å². The molecule has 23 heavy (non-hydrogen) atoms. The van der Waals surface area contributed by atoms with E-state index in [1.54, 1.807) is 31.2 Å². The minimum absolute atomic E-state index is 0.0588. The highest BCUT2D eigenvalue weighted by atomic mass is 79.9. The lowest BCUT2D eigenvalue weighted by Crippen LogP contribution is -2.40. The molecule has 6 nitrogen and oxygen atoms in total. The first-order chi connectivity index (χ1) is 10.9. The van der Waals surface area contributed by atoms with Gasteiger partial charge in [0.2, 0.25) is 15.9 Å². The summed E-state index contributed by atoms with van der Waals surface area (Å²) in [6.07, 6.45) is 0.656. The van der Waals surface area contributed by atoms with Gasteiger partial charge in [0.15, 0.2) is 0 Å². The Morgan fingerprint density at radius 1 is 1.30 bits per heavy atom. The van der Waals surface area contributed by atoms with E-state index in [4.69, 9.17) is 4.74 Å². The van der Waals surface area contributed by atoms with Gasteiger partial charge in [-0.25, -0.2) is 8.42 Å². The van der Waals surface area contributed by atoms with E-state index in [1.165, 1.54) is 4.31 Å². The van der Waals surface area contributed by atoms with Crippen LogP contribution in [0.5, 0.6) is 0 Å². The number of sulfonamides is 1. The predicted molar refractivity (Wildman–Crippen MR) is 91.1 cm³/mol. The highest BCUT2D eigenvalue weighted by Gasteiger charge is 2.25. The van der Waals surface area contributed by atoms with Crippen LogP contribution < -0.4 is 5.32 Å². The van der Waals surface area contributed by atoms with Gasteiger partial charge >= 0.3 is 0 Å². The second-order valence-electron chi connectivity index (χ2n) is 5.32. The predicted octanol–water partition coefficient (Wildman–Crippen LogP) is 1.15. The summed E-state index contributed by atoms with van der Waals surface area (Å²) >= 11 is 3.20. The van der Waals surface area contributed by atoms with Gasteiger partial charge in [-0.2, -0.15) is 4.31 Å². The van der Waals surface area contributed by atoms with Crippen molar-refractivity contribution < 1.29 is 17.9 Å². The molecule has 0 bridgehead atoms. The maximum Gasteiger partial charge on any atom is 0.243 e. The number of carbonyl (C=O) groups excluding carboxylic acids is 1. The van der Waals surface area contributed by atoms with E-state index in [9.17, 15) is 13.2 Å². The molecule has 1 fully saturated rings. The van der Waals surface area contributed by atoms with Crippen molar-refractivity contribution in [1.29, 1.82) is 0 Å². The van der Waals surface area contributed by atoms with Gasteiger partial charge in [-0.05, 0) is 31.0 Å². The topological polar surface area (TPSA) is 75.7 Å². The Bertz CT molecular complexity index is 625. The molecule has 0 radical (unpaired) electrons. The van der Waals surface area contributed by atoms with Crippen molar-refractivity contribution in [3.63, 3.8) is 0 Å². The number of rotatable bonds is 6. The molecule has 0 saturated carbocycles. The molecule has 0 aliphatic carbocycles. The van der Waals surface area contributed by atoms with E-state index < -0.39 is 10.0 Å². The van der Waals surface area contributed by atoms with Crippen LogP contribution in [-0.2, 0) is 26.0 Å². The van der Waals surface area contributed by atoms with Crippen molar-refractivity contribution in [1.82, 2.24) is 9.62 Å². The van der Waals surface area contributed by atoms with Crippen molar-refractivity contribution in [3.8, 4) is 0 Å². The third-order valence-corrected chi connectivity index (χ3v) is 5.93. The van der Waals surface area contributed by atoms with Gasteiger partial charge in [-0.3, -0.25) is 4.79 Å². The summed E-state index contributed by atoms with van der Waals surface area (Å²) in [7, 11) is -3.45. The summed E-state index contributed by atoms with van der Waals surface area (Å²) in [5, 5.41) is 2.80. The highest BCUT2D eigenvalue weighted by molar-refractivity contribution is 9.10. The first-order valence-corrected chi connectivity index (χ1v) is 9.85. The number of hydrogen-bond donors (Lipinski definition) is 1. The second kappa shape index (κ2) is 8.23. The highest BCUT2D eigenvalue weighted by Crippen LogP contribution is 2.17. The Hall–Kier alpha value is -0.960.